The molecular weight excluding hydrogens is 514 g/mol. The van der Waals surface area contributed by atoms with Gasteiger partial charge in [0.15, 0.2) is 0 Å². The van der Waals surface area contributed by atoms with E-state index in [4.69, 9.17) is 16.3 Å². The normalized spacial score (nSPS) is 14.9. The summed E-state index contributed by atoms with van der Waals surface area (Å²) in [7, 11) is 1.45. The van der Waals surface area contributed by atoms with Crippen molar-refractivity contribution in [3.05, 3.63) is 58.1 Å². The summed E-state index contributed by atoms with van der Waals surface area (Å²) in [5, 5.41) is 12.4. The Morgan fingerprint density at radius 2 is 1.84 bits per heavy atom. The summed E-state index contributed by atoms with van der Waals surface area (Å²) < 4.78 is 35.6. The summed E-state index contributed by atoms with van der Waals surface area (Å²) in [6, 6.07) is 7.20. The molecule has 0 aliphatic heterocycles. The summed E-state index contributed by atoms with van der Waals surface area (Å²) >= 11 is 5.84. The number of hydrogen-bond acceptors (Lipinski definition) is 4. The lowest BCUT2D eigenvalue weighted by Crippen LogP contribution is -2.40. The molecular formula is C29H37ClF2N2O4. The predicted octanol–water partition coefficient (Wildman–Crippen LogP) is 6.80. The Morgan fingerprint density at radius 1 is 1.13 bits per heavy atom. The van der Waals surface area contributed by atoms with Gasteiger partial charge in [0.25, 0.3) is 0 Å². The number of hydrogen-bond donors (Lipinski definition) is 2. The van der Waals surface area contributed by atoms with E-state index in [0.717, 1.165) is 38.2 Å². The van der Waals surface area contributed by atoms with E-state index in [1.54, 1.807) is 6.07 Å². The van der Waals surface area contributed by atoms with Gasteiger partial charge in [0.1, 0.15) is 11.6 Å². The van der Waals surface area contributed by atoms with Crippen molar-refractivity contribution in [2.45, 2.75) is 70.8 Å². The number of carbonyl (C=O) groups excluding carboxylic acids is 1. The molecule has 2 aromatic rings. The number of amides is 1. The van der Waals surface area contributed by atoms with Crippen LogP contribution >= 0.6 is 11.6 Å². The van der Waals surface area contributed by atoms with Crippen LogP contribution in [0.4, 0.5) is 20.2 Å². The molecule has 2 N–H and O–H groups in total. The molecule has 6 nitrogen and oxygen atoms in total. The molecule has 3 rings (SSSR count). The number of carbonyl (C=O) groups is 2. The fourth-order valence-electron chi connectivity index (χ4n) is 5.17. The maximum absolute atomic E-state index is 16.0. The van der Waals surface area contributed by atoms with Crippen LogP contribution < -0.4 is 10.2 Å². The Bertz CT molecular complexity index is 1120. The van der Waals surface area contributed by atoms with E-state index in [1.807, 2.05) is 4.90 Å². The smallest absolute Gasteiger partial charge is 0.304 e. The van der Waals surface area contributed by atoms with E-state index in [2.05, 4.69) is 19.2 Å². The molecule has 1 unspecified atom stereocenters. The standard InChI is InChI=1S/C29H37ClF2N2O4/c1-18(2)16-34(23-7-5-4-6-8-23)29-25(32)11-20(21(17-38-3)14-28(36)37)12-26(29)33-27(35)13-19-9-10-22(30)15-24(19)31/h9-12,15,18,21,23H,4-8,13-14,16-17H2,1-3H3,(H,33,35)(H,36,37). The number of carboxylic acid groups (broad SMARTS) is 1. The van der Waals surface area contributed by atoms with Crippen LogP contribution in [0.3, 0.4) is 0 Å². The number of carboxylic acids is 1. The lowest BCUT2D eigenvalue weighted by molar-refractivity contribution is -0.137. The van der Waals surface area contributed by atoms with Crippen molar-refractivity contribution in [3.63, 3.8) is 0 Å². The van der Waals surface area contributed by atoms with Crippen LogP contribution in [-0.2, 0) is 20.7 Å². The van der Waals surface area contributed by atoms with E-state index < -0.39 is 29.4 Å². The van der Waals surface area contributed by atoms with Gasteiger partial charge in [-0.05, 0) is 54.2 Å². The average Bonchev–Trinajstić information content (AvgIpc) is 2.84. The summed E-state index contributed by atoms with van der Waals surface area (Å²) in [5.74, 6) is -3.07. The zero-order chi connectivity index (χ0) is 27.8. The number of ether oxygens (including phenoxy) is 1. The van der Waals surface area contributed by atoms with Crippen LogP contribution in [0, 0.1) is 17.6 Å². The molecule has 1 saturated carbocycles. The highest BCUT2D eigenvalue weighted by molar-refractivity contribution is 6.30. The van der Waals surface area contributed by atoms with Crippen LogP contribution in [0.15, 0.2) is 30.3 Å². The van der Waals surface area contributed by atoms with Gasteiger partial charge in [0, 0.05) is 30.6 Å². The second kappa shape index (κ2) is 13.9. The maximum atomic E-state index is 16.0. The molecule has 38 heavy (non-hydrogen) atoms. The topological polar surface area (TPSA) is 78.9 Å². The SMILES string of the molecule is COCC(CC(=O)O)c1cc(F)c(N(CC(C)C)C2CCCCC2)c(NC(=O)Cc2ccc(Cl)cc2F)c1. The molecule has 1 aliphatic carbocycles. The van der Waals surface area contributed by atoms with Crippen molar-refractivity contribution >= 4 is 34.9 Å². The number of benzene rings is 2. The molecule has 208 valence electrons. The summed E-state index contributed by atoms with van der Waals surface area (Å²) in [6.07, 6.45) is 4.55. The average molecular weight is 551 g/mol. The fourth-order valence-corrected chi connectivity index (χ4v) is 5.33. The third-order valence-corrected chi connectivity index (χ3v) is 7.09. The second-order valence-corrected chi connectivity index (χ2v) is 10.9. The van der Waals surface area contributed by atoms with Gasteiger partial charge in [-0.3, -0.25) is 9.59 Å². The molecule has 1 atom stereocenters. The second-order valence-electron chi connectivity index (χ2n) is 10.4. The number of methoxy groups -OCH3 is 1. The summed E-state index contributed by atoms with van der Waals surface area (Å²) in [6.45, 7) is 4.79. The number of nitrogens with zero attached hydrogens (tertiary/aromatic N) is 1. The number of anilines is 2. The summed E-state index contributed by atoms with van der Waals surface area (Å²) in [4.78, 5) is 26.7. The monoisotopic (exact) mass is 550 g/mol. The van der Waals surface area contributed by atoms with Gasteiger partial charge in [-0.15, -0.1) is 0 Å². The molecule has 0 saturated heterocycles. The molecule has 0 spiro atoms. The van der Waals surface area contributed by atoms with Crippen molar-refractivity contribution < 1.29 is 28.2 Å². The van der Waals surface area contributed by atoms with Crippen molar-refractivity contribution in [1.82, 2.24) is 0 Å². The Morgan fingerprint density at radius 3 is 2.45 bits per heavy atom. The lowest BCUT2D eigenvalue weighted by Gasteiger charge is -2.39. The Kier molecular flexibility index (Phi) is 10.9. The summed E-state index contributed by atoms with van der Waals surface area (Å²) in [5.41, 5.74) is 1.11. The Hall–Kier alpha value is -2.71. The molecule has 9 heteroatoms. The number of nitrogens with one attached hydrogen (secondary N) is 1. The van der Waals surface area contributed by atoms with Gasteiger partial charge in [0.05, 0.1) is 30.8 Å². The van der Waals surface area contributed by atoms with Gasteiger partial charge >= 0.3 is 5.97 Å². The van der Waals surface area contributed by atoms with Crippen LogP contribution in [0.5, 0.6) is 0 Å². The highest BCUT2D eigenvalue weighted by Gasteiger charge is 2.29. The Labute approximate surface area is 228 Å². The number of aliphatic carboxylic acids is 1. The van der Waals surface area contributed by atoms with Gasteiger partial charge in [-0.25, -0.2) is 8.78 Å². The molecule has 2 aromatic carbocycles. The minimum atomic E-state index is -1.04. The van der Waals surface area contributed by atoms with Gasteiger partial charge < -0.3 is 20.1 Å². The fraction of sp³-hybridized carbons (Fsp3) is 0.517. The van der Waals surface area contributed by atoms with E-state index in [9.17, 15) is 19.1 Å². The largest absolute Gasteiger partial charge is 0.481 e. The zero-order valence-electron chi connectivity index (χ0n) is 22.2. The van der Waals surface area contributed by atoms with Crippen molar-refractivity contribution in [2.24, 2.45) is 5.92 Å². The van der Waals surface area contributed by atoms with E-state index >= 15 is 4.39 Å². The lowest BCUT2D eigenvalue weighted by atomic mass is 9.91. The molecule has 1 fully saturated rings. The molecule has 1 aliphatic rings. The van der Waals surface area contributed by atoms with Crippen molar-refractivity contribution in [2.75, 3.05) is 30.5 Å². The van der Waals surface area contributed by atoms with Crippen molar-refractivity contribution in [1.29, 1.82) is 0 Å². The molecule has 0 heterocycles. The van der Waals surface area contributed by atoms with E-state index in [0.29, 0.717) is 12.1 Å². The predicted molar refractivity (Wildman–Crippen MR) is 146 cm³/mol. The highest BCUT2D eigenvalue weighted by atomic mass is 35.5. The first-order chi connectivity index (χ1) is 18.1. The van der Waals surface area contributed by atoms with E-state index in [1.165, 1.54) is 25.3 Å². The van der Waals surface area contributed by atoms with Gasteiger partial charge in [0.2, 0.25) is 5.91 Å². The molecule has 0 bridgehead atoms. The third kappa shape index (κ3) is 8.14. The number of rotatable bonds is 12. The van der Waals surface area contributed by atoms with Gasteiger partial charge in [-0.2, -0.15) is 0 Å². The quantitative estimate of drug-likeness (QED) is 0.304. The van der Waals surface area contributed by atoms with Crippen LogP contribution in [-0.4, -0.2) is 43.3 Å². The third-order valence-electron chi connectivity index (χ3n) is 6.85. The van der Waals surface area contributed by atoms with Crippen LogP contribution in [0.2, 0.25) is 5.02 Å². The Balaban J connectivity index is 2.06. The highest BCUT2D eigenvalue weighted by Crippen LogP contribution is 2.38. The first kappa shape index (κ1) is 29.8. The minimum absolute atomic E-state index is 0.0762. The minimum Gasteiger partial charge on any atom is -0.481 e. The van der Waals surface area contributed by atoms with Gasteiger partial charge in [-0.1, -0.05) is 50.8 Å². The van der Waals surface area contributed by atoms with Crippen LogP contribution in [0.1, 0.15) is 69.4 Å². The zero-order valence-corrected chi connectivity index (χ0v) is 23.0. The first-order valence-corrected chi connectivity index (χ1v) is 13.5. The van der Waals surface area contributed by atoms with Crippen LogP contribution in [0.25, 0.3) is 0 Å². The molecule has 0 radical (unpaired) electrons. The first-order valence-electron chi connectivity index (χ1n) is 13.1. The molecule has 1 amide bonds. The van der Waals surface area contributed by atoms with Crippen molar-refractivity contribution in [3.8, 4) is 0 Å². The molecule has 0 aromatic heterocycles. The maximum Gasteiger partial charge on any atom is 0.304 e. The number of halogens is 3. The van der Waals surface area contributed by atoms with E-state index in [-0.39, 0.29) is 53.4 Å².